The fourth-order valence-electron chi connectivity index (χ4n) is 2.69. The fourth-order valence-corrected chi connectivity index (χ4v) is 2.69. The minimum absolute atomic E-state index is 0.0510. The number of rotatable bonds is 4. The Hall–Kier alpha value is -1.39. The summed E-state index contributed by atoms with van der Waals surface area (Å²) in [5.41, 5.74) is 1.19. The van der Waals surface area contributed by atoms with Crippen molar-refractivity contribution in [3.8, 4) is 0 Å². The van der Waals surface area contributed by atoms with Crippen LogP contribution in [0.15, 0.2) is 30.3 Å². The van der Waals surface area contributed by atoms with Crippen molar-refractivity contribution in [1.29, 1.82) is 0 Å². The first-order chi connectivity index (χ1) is 9.13. The second kappa shape index (κ2) is 6.17. The summed E-state index contributed by atoms with van der Waals surface area (Å²) in [4.78, 5) is 16.7. The van der Waals surface area contributed by atoms with E-state index in [1.807, 2.05) is 37.2 Å². The smallest absolute Gasteiger partial charge is 0.241 e. The van der Waals surface area contributed by atoms with E-state index in [-0.39, 0.29) is 18.0 Å². The van der Waals surface area contributed by atoms with Gasteiger partial charge >= 0.3 is 0 Å². The predicted octanol–water partition coefficient (Wildman–Crippen LogP) is 0.937. The molecule has 4 nitrogen and oxygen atoms in total. The fraction of sp³-hybridized carbons (Fsp3) is 0.533. The van der Waals surface area contributed by atoms with E-state index in [0.717, 1.165) is 6.54 Å². The number of hydrogen-bond acceptors (Lipinski definition) is 3. The lowest BCUT2D eigenvalue weighted by atomic mass is 10.1. The third-order valence-electron chi connectivity index (χ3n) is 3.78. The van der Waals surface area contributed by atoms with Crippen molar-refractivity contribution >= 4 is 5.91 Å². The molecular formula is C15H23N3O. The zero-order valence-corrected chi connectivity index (χ0v) is 12.0. The van der Waals surface area contributed by atoms with Crippen LogP contribution in [0.2, 0.25) is 0 Å². The molecule has 2 rings (SSSR count). The second-order valence-corrected chi connectivity index (χ2v) is 5.31. The number of benzene rings is 1. The third kappa shape index (κ3) is 3.14. The summed E-state index contributed by atoms with van der Waals surface area (Å²) in [5, 5.41) is 3.11. The molecule has 2 unspecified atom stereocenters. The van der Waals surface area contributed by atoms with Crippen molar-refractivity contribution in [2.45, 2.75) is 25.6 Å². The highest BCUT2D eigenvalue weighted by Gasteiger charge is 2.35. The van der Waals surface area contributed by atoms with Gasteiger partial charge in [0.1, 0.15) is 6.04 Å². The van der Waals surface area contributed by atoms with Crippen molar-refractivity contribution < 1.29 is 4.79 Å². The maximum absolute atomic E-state index is 12.6. The number of carbonyl (C=O) groups excluding carboxylic acids is 1. The molecule has 0 aromatic heterocycles. The number of hydrogen-bond donors (Lipinski definition) is 1. The maximum atomic E-state index is 12.6. The number of likely N-dealkylation sites (N-methyl/N-ethyl adjacent to an activating group) is 2. The standard InChI is InChI=1S/C15H23N3O/c1-12-10-17(3)14(9-16-2)15(19)18(12)11-13-7-5-4-6-8-13/h4-8,12,14,16H,9-11H2,1-3H3. The Morgan fingerprint density at radius 2 is 2.00 bits per heavy atom. The molecule has 1 aliphatic heterocycles. The highest BCUT2D eigenvalue weighted by Crippen LogP contribution is 2.18. The van der Waals surface area contributed by atoms with Crippen LogP contribution in [-0.2, 0) is 11.3 Å². The first-order valence-electron chi connectivity index (χ1n) is 6.82. The summed E-state index contributed by atoms with van der Waals surface area (Å²) in [6, 6.07) is 10.4. The number of carbonyl (C=O) groups is 1. The average molecular weight is 261 g/mol. The monoisotopic (exact) mass is 261 g/mol. The molecule has 1 aromatic rings. The number of amides is 1. The van der Waals surface area contributed by atoms with Crippen molar-refractivity contribution in [3.05, 3.63) is 35.9 Å². The van der Waals surface area contributed by atoms with Gasteiger partial charge in [-0.25, -0.2) is 0 Å². The van der Waals surface area contributed by atoms with Crippen LogP contribution in [0.3, 0.4) is 0 Å². The van der Waals surface area contributed by atoms with Crippen LogP contribution >= 0.6 is 0 Å². The van der Waals surface area contributed by atoms with E-state index >= 15 is 0 Å². The van der Waals surface area contributed by atoms with Crippen LogP contribution in [0.25, 0.3) is 0 Å². The predicted molar refractivity (Wildman–Crippen MR) is 76.8 cm³/mol. The summed E-state index contributed by atoms with van der Waals surface area (Å²) in [7, 11) is 3.91. The van der Waals surface area contributed by atoms with Gasteiger partial charge in [0.05, 0.1) is 0 Å². The molecule has 2 atom stereocenters. The van der Waals surface area contributed by atoms with Gasteiger partial charge in [0.15, 0.2) is 0 Å². The van der Waals surface area contributed by atoms with Crippen molar-refractivity contribution in [2.24, 2.45) is 0 Å². The Balaban J connectivity index is 2.12. The van der Waals surface area contributed by atoms with Crippen LogP contribution in [0.4, 0.5) is 0 Å². The van der Waals surface area contributed by atoms with Crippen LogP contribution < -0.4 is 5.32 Å². The molecule has 104 valence electrons. The molecule has 0 bridgehead atoms. The molecule has 1 saturated heterocycles. The molecule has 0 radical (unpaired) electrons. The molecule has 0 saturated carbocycles. The number of piperazine rings is 1. The van der Waals surface area contributed by atoms with E-state index in [0.29, 0.717) is 13.1 Å². The molecule has 1 aromatic carbocycles. The van der Waals surface area contributed by atoms with Crippen molar-refractivity contribution in [1.82, 2.24) is 15.1 Å². The van der Waals surface area contributed by atoms with Gasteiger partial charge in [-0.2, -0.15) is 0 Å². The second-order valence-electron chi connectivity index (χ2n) is 5.31. The summed E-state index contributed by atoms with van der Waals surface area (Å²) >= 11 is 0. The normalized spacial score (nSPS) is 24.8. The average Bonchev–Trinajstić information content (AvgIpc) is 2.41. The molecule has 0 spiro atoms. The lowest BCUT2D eigenvalue weighted by Gasteiger charge is -2.43. The quantitative estimate of drug-likeness (QED) is 0.876. The molecule has 1 aliphatic rings. The molecule has 1 N–H and O–H groups in total. The van der Waals surface area contributed by atoms with Gasteiger partial charge in [0.2, 0.25) is 5.91 Å². The molecule has 19 heavy (non-hydrogen) atoms. The van der Waals surface area contributed by atoms with Gasteiger partial charge in [0.25, 0.3) is 0 Å². The van der Waals surface area contributed by atoms with Gasteiger partial charge in [0, 0.05) is 25.7 Å². The highest BCUT2D eigenvalue weighted by molar-refractivity contribution is 5.83. The Kier molecular flexibility index (Phi) is 4.56. The Morgan fingerprint density at radius 3 is 2.63 bits per heavy atom. The van der Waals surface area contributed by atoms with Crippen LogP contribution in [0.1, 0.15) is 12.5 Å². The van der Waals surface area contributed by atoms with Crippen LogP contribution in [0.5, 0.6) is 0 Å². The lowest BCUT2D eigenvalue weighted by Crippen LogP contribution is -2.61. The Morgan fingerprint density at radius 1 is 1.32 bits per heavy atom. The minimum atomic E-state index is -0.0510. The SMILES string of the molecule is CNCC1C(=O)N(Cc2ccccc2)C(C)CN1C. The topological polar surface area (TPSA) is 35.6 Å². The third-order valence-corrected chi connectivity index (χ3v) is 3.78. The zero-order valence-electron chi connectivity index (χ0n) is 12.0. The number of nitrogens with one attached hydrogen (secondary N) is 1. The van der Waals surface area contributed by atoms with E-state index in [9.17, 15) is 4.79 Å². The summed E-state index contributed by atoms with van der Waals surface area (Å²) in [5.74, 6) is 0.222. The van der Waals surface area contributed by atoms with Crippen molar-refractivity contribution in [3.63, 3.8) is 0 Å². The van der Waals surface area contributed by atoms with Gasteiger partial charge in [-0.15, -0.1) is 0 Å². The Labute approximate surface area is 115 Å². The van der Waals surface area contributed by atoms with E-state index < -0.39 is 0 Å². The van der Waals surface area contributed by atoms with Gasteiger partial charge < -0.3 is 10.2 Å². The molecule has 1 amide bonds. The Bertz CT molecular complexity index is 421. The van der Waals surface area contributed by atoms with Gasteiger partial charge in [-0.1, -0.05) is 30.3 Å². The molecule has 0 aliphatic carbocycles. The lowest BCUT2D eigenvalue weighted by molar-refractivity contribution is -0.145. The van der Waals surface area contributed by atoms with E-state index in [1.165, 1.54) is 5.56 Å². The number of nitrogens with zero attached hydrogens (tertiary/aromatic N) is 2. The minimum Gasteiger partial charge on any atom is -0.333 e. The van der Waals surface area contributed by atoms with Crippen LogP contribution in [0, 0.1) is 0 Å². The maximum Gasteiger partial charge on any atom is 0.241 e. The molecule has 4 heteroatoms. The van der Waals surface area contributed by atoms with E-state index in [1.54, 1.807) is 0 Å². The molecule has 1 fully saturated rings. The molecular weight excluding hydrogens is 238 g/mol. The molecule has 1 heterocycles. The van der Waals surface area contributed by atoms with E-state index in [4.69, 9.17) is 0 Å². The largest absolute Gasteiger partial charge is 0.333 e. The summed E-state index contributed by atoms with van der Waals surface area (Å²) < 4.78 is 0. The highest BCUT2D eigenvalue weighted by atomic mass is 16.2. The van der Waals surface area contributed by atoms with Gasteiger partial charge in [-0.05, 0) is 26.6 Å². The zero-order chi connectivity index (χ0) is 13.8. The first-order valence-corrected chi connectivity index (χ1v) is 6.82. The summed E-state index contributed by atoms with van der Waals surface area (Å²) in [6.45, 7) is 4.44. The van der Waals surface area contributed by atoms with E-state index in [2.05, 4.69) is 29.3 Å². The van der Waals surface area contributed by atoms with Gasteiger partial charge in [-0.3, -0.25) is 9.69 Å². The van der Waals surface area contributed by atoms with Crippen LogP contribution in [-0.4, -0.2) is 55.0 Å². The van der Waals surface area contributed by atoms with Crippen molar-refractivity contribution in [2.75, 3.05) is 27.2 Å². The first kappa shape index (κ1) is 14.0. The summed E-state index contributed by atoms with van der Waals surface area (Å²) in [6.07, 6.45) is 0.